The van der Waals surface area contributed by atoms with Crippen molar-refractivity contribution in [1.82, 2.24) is 9.97 Å². The van der Waals surface area contributed by atoms with Crippen molar-refractivity contribution in [1.29, 1.82) is 0 Å². The van der Waals surface area contributed by atoms with Gasteiger partial charge in [-0.15, -0.1) is 0 Å². The number of carbonyl (C=O) groups is 1. The molecular formula is C10H14N2O2. The van der Waals surface area contributed by atoms with Gasteiger partial charge in [0.05, 0.1) is 12.8 Å². The predicted octanol–water partition coefficient (Wildman–Crippen LogP) is 1.00. The third-order valence-corrected chi connectivity index (χ3v) is 2.54. The maximum Gasteiger partial charge on any atom is 0.313 e. The average molecular weight is 194 g/mol. The van der Waals surface area contributed by atoms with Crippen LogP contribution >= 0.6 is 0 Å². The van der Waals surface area contributed by atoms with Gasteiger partial charge in [-0.05, 0) is 25.7 Å². The molecule has 0 aromatic carbocycles. The molecule has 0 amide bonds. The van der Waals surface area contributed by atoms with Crippen LogP contribution in [0, 0.1) is 0 Å². The Balaban J connectivity index is 2.12. The van der Waals surface area contributed by atoms with Gasteiger partial charge in [0.1, 0.15) is 12.2 Å². The minimum Gasteiger partial charge on any atom is -0.469 e. The van der Waals surface area contributed by atoms with Crippen LogP contribution in [0.5, 0.6) is 0 Å². The van der Waals surface area contributed by atoms with Crippen molar-refractivity contribution in [2.75, 3.05) is 7.11 Å². The summed E-state index contributed by atoms with van der Waals surface area (Å²) in [4.78, 5) is 18.6. The fourth-order valence-corrected chi connectivity index (χ4v) is 1.81. The first-order chi connectivity index (χ1) is 6.79. The molecule has 1 aliphatic rings. The van der Waals surface area contributed by atoms with Gasteiger partial charge < -0.3 is 9.72 Å². The highest BCUT2D eigenvalue weighted by Gasteiger charge is 2.15. The number of aromatic amines is 1. The van der Waals surface area contributed by atoms with E-state index >= 15 is 0 Å². The molecule has 1 aromatic rings. The minimum atomic E-state index is -0.240. The molecule has 14 heavy (non-hydrogen) atoms. The molecule has 0 atom stereocenters. The Morgan fingerprint density at radius 1 is 1.50 bits per heavy atom. The number of nitrogens with zero attached hydrogens (tertiary/aromatic N) is 1. The molecule has 0 unspecified atom stereocenters. The van der Waals surface area contributed by atoms with Crippen LogP contribution in [0.3, 0.4) is 0 Å². The van der Waals surface area contributed by atoms with Crippen molar-refractivity contribution in [3.05, 3.63) is 17.2 Å². The van der Waals surface area contributed by atoms with Crippen molar-refractivity contribution < 1.29 is 9.53 Å². The first-order valence-corrected chi connectivity index (χ1v) is 4.93. The van der Waals surface area contributed by atoms with E-state index in [1.54, 1.807) is 0 Å². The molecule has 1 N–H and O–H groups in total. The van der Waals surface area contributed by atoms with Gasteiger partial charge in [-0.25, -0.2) is 4.98 Å². The summed E-state index contributed by atoms with van der Waals surface area (Å²) in [6.45, 7) is 0. The molecule has 4 heteroatoms. The summed E-state index contributed by atoms with van der Waals surface area (Å²) in [5, 5.41) is 0. The van der Waals surface area contributed by atoms with Crippen LogP contribution in [0.4, 0.5) is 0 Å². The topological polar surface area (TPSA) is 55.0 Å². The van der Waals surface area contributed by atoms with Crippen LogP contribution in [0.15, 0.2) is 0 Å². The van der Waals surface area contributed by atoms with Gasteiger partial charge in [0.15, 0.2) is 0 Å². The lowest BCUT2D eigenvalue weighted by Gasteiger charge is -2.07. The SMILES string of the molecule is COC(=O)Cc1nc2c([nH]1)CCCC2. The number of carbonyl (C=O) groups excluding carboxylic acids is 1. The Kier molecular flexibility index (Phi) is 2.52. The molecule has 0 bridgehead atoms. The van der Waals surface area contributed by atoms with E-state index in [4.69, 9.17) is 0 Å². The standard InChI is InChI=1S/C10H14N2O2/c1-14-10(13)6-9-11-7-4-2-3-5-8(7)12-9/h2-6H2,1H3,(H,11,12). The maximum absolute atomic E-state index is 11.0. The van der Waals surface area contributed by atoms with Crippen molar-refractivity contribution in [2.24, 2.45) is 0 Å². The summed E-state index contributed by atoms with van der Waals surface area (Å²) < 4.78 is 4.59. The van der Waals surface area contributed by atoms with Crippen molar-refractivity contribution in [3.8, 4) is 0 Å². The van der Waals surface area contributed by atoms with E-state index in [-0.39, 0.29) is 12.4 Å². The number of H-pyrrole nitrogens is 1. The summed E-state index contributed by atoms with van der Waals surface area (Å²) in [6.07, 6.45) is 4.77. The van der Waals surface area contributed by atoms with Crippen LogP contribution < -0.4 is 0 Å². The Morgan fingerprint density at radius 3 is 3.00 bits per heavy atom. The summed E-state index contributed by atoms with van der Waals surface area (Å²) in [6, 6.07) is 0. The van der Waals surface area contributed by atoms with E-state index in [2.05, 4.69) is 14.7 Å². The third kappa shape index (κ3) is 1.78. The first kappa shape index (κ1) is 9.24. The van der Waals surface area contributed by atoms with Crippen molar-refractivity contribution in [3.63, 3.8) is 0 Å². The molecule has 0 saturated carbocycles. The Hall–Kier alpha value is -1.32. The number of aromatic nitrogens is 2. The van der Waals surface area contributed by atoms with Crippen molar-refractivity contribution in [2.45, 2.75) is 32.1 Å². The molecule has 4 nitrogen and oxygen atoms in total. The summed E-state index contributed by atoms with van der Waals surface area (Å²) in [7, 11) is 1.39. The van der Waals surface area contributed by atoms with Gasteiger partial charge >= 0.3 is 5.97 Å². The van der Waals surface area contributed by atoms with Gasteiger partial charge in [0, 0.05) is 5.69 Å². The normalized spacial score (nSPS) is 14.9. The number of hydrogen-bond donors (Lipinski definition) is 1. The molecule has 1 aromatic heterocycles. The molecule has 0 fully saturated rings. The van der Waals surface area contributed by atoms with Crippen molar-refractivity contribution >= 4 is 5.97 Å². The molecule has 2 rings (SSSR count). The van der Waals surface area contributed by atoms with E-state index in [9.17, 15) is 4.79 Å². The lowest BCUT2D eigenvalue weighted by molar-refractivity contribution is -0.139. The van der Waals surface area contributed by atoms with Crippen LogP contribution in [-0.2, 0) is 28.8 Å². The van der Waals surface area contributed by atoms with Crippen LogP contribution in [0.25, 0.3) is 0 Å². The second-order valence-electron chi connectivity index (χ2n) is 3.57. The number of hydrogen-bond acceptors (Lipinski definition) is 3. The fraction of sp³-hybridized carbons (Fsp3) is 0.600. The number of aryl methyl sites for hydroxylation is 2. The highest BCUT2D eigenvalue weighted by atomic mass is 16.5. The zero-order valence-corrected chi connectivity index (χ0v) is 8.30. The summed E-state index contributed by atoms with van der Waals surface area (Å²) in [5.74, 6) is 0.500. The largest absolute Gasteiger partial charge is 0.469 e. The number of imidazole rings is 1. The average Bonchev–Trinajstić information content (AvgIpc) is 2.59. The minimum absolute atomic E-state index is 0.240. The number of methoxy groups -OCH3 is 1. The number of nitrogens with one attached hydrogen (secondary N) is 1. The van der Waals surface area contributed by atoms with Crippen LogP contribution in [-0.4, -0.2) is 23.0 Å². The van der Waals surface area contributed by atoms with Gasteiger partial charge in [-0.3, -0.25) is 4.79 Å². The number of fused-ring (bicyclic) bond motifs is 1. The Bertz CT molecular complexity index is 320. The summed E-state index contributed by atoms with van der Waals surface area (Å²) >= 11 is 0. The molecular weight excluding hydrogens is 180 g/mol. The fourth-order valence-electron chi connectivity index (χ4n) is 1.81. The summed E-state index contributed by atoms with van der Waals surface area (Å²) in [5.41, 5.74) is 2.34. The van der Waals surface area contributed by atoms with E-state index in [0.29, 0.717) is 0 Å². The lowest BCUT2D eigenvalue weighted by Crippen LogP contribution is -2.05. The highest BCUT2D eigenvalue weighted by Crippen LogP contribution is 2.18. The molecule has 0 saturated heterocycles. The van der Waals surface area contributed by atoms with Gasteiger partial charge in [-0.2, -0.15) is 0 Å². The smallest absolute Gasteiger partial charge is 0.313 e. The monoisotopic (exact) mass is 194 g/mol. The highest BCUT2D eigenvalue weighted by molar-refractivity contribution is 5.71. The van der Waals surface area contributed by atoms with E-state index in [1.807, 2.05) is 0 Å². The molecule has 0 aliphatic heterocycles. The predicted molar refractivity (Wildman–Crippen MR) is 50.9 cm³/mol. The van der Waals surface area contributed by atoms with Gasteiger partial charge in [-0.1, -0.05) is 0 Å². The molecule has 0 radical (unpaired) electrons. The third-order valence-electron chi connectivity index (χ3n) is 2.54. The molecule has 0 spiro atoms. The zero-order valence-electron chi connectivity index (χ0n) is 8.30. The number of ether oxygens (including phenoxy) is 1. The van der Waals surface area contributed by atoms with Gasteiger partial charge in [0.25, 0.3) is 0 Å². The quantitative estimate of drug-likeness (QED) is 0.715. The van der Waals surface area contributed by atoms with Crippen LogP contribution in [0.2, 0.25) is 0 Å². The molecule has 76 valence electrons. The molecule has 1 heterocycles. The Morgan fingerprint density at radius 2 is 2.29 bits per heavy atom. The van der Waals surface area contributed by atoms with E-state index < -0.39 is 0 Å². The van der Waals surface area contributed by atoms with E-state index in [0.717, 1.165) is 24.4 Å². The number of esters is 1. The zero-order chi connectivity index (χ0) is 9.97. The maximum atomic E-state index is 11.0. The number of rotatable bonds is 2. The Labute approximate surface area is 82.7 Å². The molecule has 1 aliphatic carbocycles. The second kappa shape index (κ2) is 3.82. The first-order valence-electron chi connectivity index (χ1n) is 4.93. The van der Waals surface area contributed by atoms with Gasteiger partial charge in [0.2, 0.25) is 0 Å². The second-order valence-corrected chi connectivity index (χ2v) is 3.57. The lowest BCUT2D eigenvalue weighted by atomic mass is 10.0. The van der Waals surface area contributed by atoms with E-state index in [1.165, 1.54) is 25.6 Å². The van der Waals surface area contributed by atoms with Crippen LogP contribution in [0.1, 0.15) is 30.1 Å².